The summed E-state index contributed by atoms with van der Waals surface area (Å²) in [6.07, 6.45) is 5.76. The molecule has 1 aliphatic rings. The molecule has 7 heteroatoms. The van der Waals surface area contributed by atoms with Gasteiger partial charge in [-0.15, -0.1) is 11.3 Å². The topological polar surface area (TPSA) is 32.3 Å². The largest absolute Gasteiger partial charge is 0.351 e. The third kappa shape index (κ3) is 6.01. The van der Waals surface area contributed by atoms with Crippen molar-refractivity contribution < 1.29 is 9.18 Å². The number of nitrogens with one attached hydrogen (secondary N) is 1. The van der Waals surface area contributed by atoms with Crippen LogP contribution in [0, 0.1) is 5.82 Å². The van der Waals surface area contributed by atoms with Crippen LogP contribution in [0.25, 0.3) is 0 Å². The highest BCUT2D eigenvalue weighted by Gasteiger charge is 2.33. The Kier molecular flexibility index (Phi) is 8.30. The van der Waals surface area contributed by atoms with E-state index in [2.05, 4.69) is 11.9 Å². The molecule has 34 heavy (non-hydrogen) atoms. The zero-order chi connectivity index (χ0) is 24.1. The number of hydrogen-bond donors (Lipinski definition) is 1. The Balaban J connectivity index is 1.79. The molecule has 1 saturated carbocycles. The van der Waals surface area contributed by atoms with Crippen LogP contribution in [-0.2, 0) is 11.2 Å². The summed E-state index contributed by atoms with van der Waals surface area (Å²) in [4.78, 5) is 16.8. The Labute approximate surface area is 214 Å². The van der Waals surface area contributed by atoms with Gasteiger partial charge in [-0.05, 0) is 60.7 Å². The van der Waals surface area contributed by atoms with Crippen LogP contribution >= 0.6 is 34.5 Å². The van der Waals surface area contributed by atoms with Crippen molar-refractivity contribution in [2.45, 2.75) is 50.6 Å². The Morgan fingerprint density at radius 2 is 1.91 bits per heavy atom. The second-order valence-corrected chi connectivity index (χ2v) is 10.5. The smallest absolute Gasteiger partial charge is 0.247 e. The summed E-state index contributed by atoms with van der Waals surface area (Å²) >= 11 is 14.6. The molecule has 1 heterocycles. The summed E-state index contributed by atoms with van der Waals surface area (Å²) < 4.78 is 14.3. The van der Waals surface area contributed by atoms with Gasteiger partial charge in [-0.2, -0.15) is 0 Å². The zero-order valence-electron chi connectivity index (χ0n) is 18.8. The number of nitrogens with zero attached hydrogens (tertiary/aromatic N) is 1. The lowest BCUT2D eigenvalue weighted by atomic mass is 9.94. The van der Waals surface area contributed by atoms with E-state index in [0.717, 1.165) is 30.6 Å². The van der Waals surface area contributed by atoms with Crippen LogP contribution in [0.3, 0.4) is 0 Å². The third-order valence-electron chi connectivity index (χ3n) is 6.10. The number of benzene rings is 2. The van der Waals surface area contributed by atoms with Crippen molar-refractivity contribution in [2.75, 3.05) is 4.90 Å². The van der Waals surface area contributed by atoms with Crippen LogP contribution in [0.15, 0.2) is 72.3 Å². The molecule has 1 fully saturated rings. The average molecular weight is 517 g/mol. The molecular formula is C27H27Cl2FN2OS. The van der Waals surface area contributed by atoms with E-state index < -0.39 is 11.9 Å². The number of thiophene rings is 1. The number of rotatable bonds is 8. The fourth-order valence-corrected chi connectivity index (χ4v) is 5.63. The highest BCUT2D eigenvalue weighted by Crippen LogP contribution is 2.37. The van der Waals surface area contributed by atoms with E-state index in [-0.39, 0.29) is 11.9 Å². The second-order valence-electron chi connectivity index (χ2n) is 8.58. The maximum absolute atomic E-state index is 14.3. The first-order chi connectivity index (χ1) is 16.4. The van der Waals surface area contributed by atoms with Crippen LogP contribution in [0.5, 0.6) is 0 Å². The molecule has 0 spiro atoms. The van der Waals surface area contributed by atoms with Gasteiger partial charge in [0.2, 0.25) is 5.91 Å². The molecule has 4 rings (SSSR count). The van der Waals surface area contributed by atoms with Gasteiger partial charge in [0.05, 0.1) is 0 Å². The number of halogens is 3. The first-order valence-corrected chi connectivity index (χ1v) is 13.1. The van der Waals surface area contributed by atoms with Gasteiger partial charge in [-0.1, -0.05) is 61.2 Å². The van der Waals surface area contributed by atoms with Crippen molar-refractivity contribution in [3.63, 3.8) is 0 Å². The fraction of sp³-hybridized carbons (Fsp3) is 0.296. The third-order valence-corrected chi connectivity index (χ3v) is 7.55. The van der Waals surface area contributed by atoms with E-state index in [1.165, 1.54) is 18.6 Å². The first-order valence-electron chi connectivity index (χ1n) is 11.4. The van der Waals surface area contributed by atoms with Crippen molar-refractivity contribution in [2.24, 2.45) is 0 Å². The van der Waals surface area contributed by atoms with Crippen LogP contribution < -0.4 is 10.2 Å². The minimum absolute atomic E-state index is 0.0987. The zero-order valence-corrected chi connectivity index (χ0v) is 21.1. The van der Waals surface area contributed by atoms with Gasteiger partial charge >= 0.3 is 0 Å². The predicted octanol–water partition coefficient (Wildman–Crippen LogP) is 7.95. The van der Waals surface area contributed by atoms with E-state index in [0.29, 0.717) is 33.4 Å². The molecule has 0 aliphatic heterocycles. The Morgan fingerprint density at radius 1 is 1.12 bits per heavy atom. The molecule has 0 radical (unpaired) electrons. The van der Waals surface area contributed by atoms with Crippen LogP contribution in [0.4, 0.5) is 10.1 Å². The van der Waals surface area contributed by atoms with Gasteiger partial charge in [0, 0.05) is 44.3 Å². The van der Waals surface area contributed by atoms with E-state index in [4.69, 9.17) is 23.2 Å². The number of anilines is 1. The quantitative estimate of drug-likeness (QED) is 0.329. The number of carbonyl (C=O) groups excluding carboxylic acids is 1. The average Bonchev–Trinajstić information content (AvgIpc) is 3.32. The molecule has 0 saturated heterocycles. The molecule has 1 aromatic heterocycles. The van der Waals surface area contributed by atoms with E-state index in [1.54, 1.807) is 46.6 Å². The van der Waals surface area contributed by atoms with Gasteiger partial charge in [0.1, 0.15) is 11.9 Å². The Bertz CT molecular complexity index is 1150. The summed E-state index contributed by atoms with van der Waals surface area (Å²) in [6, 6.07) is 14.5. The van der Waals surface area contributed by atoms with Gasteiger partial charge < -0.3 is 10.2 Å². The highest BCUT2D eigenvalue weighted by molar-refractivity contribution is 7.09. The molecule has 1 N–H and O–H groups in total. The fourth-order valence-electron chi connectivity index (χ4n) is 4.49. The van der Waals surface area contributed by atoms with E-state index in [9.17, 15) is 9.18 Å². The maximum Gasteiger partial charge on any atom is 0.247 e. The molecule has 1 aliphatic carbocycles. The molecule has 1 amide bonds. The summed E-state index contributed by atoms with van der Waals surface area (Å²) in [7, 11) is 0. The van der Waals surface area contributed by atoms with Gasteiger partial charge in [0.25, 0.3) is 0 Å². The van der Waals surface area contributed by atoms with E-state index in [1.807, 2.05) is 17.5 Å². The van der Waals surface area contributed by atoms with Crippen LogP contribution in [-0.4, -0.2) is 11.9 Å². The summed E-state index contributed by atoms with van der Waals surface area (Å²) in [5, 5.41) is 6.11. The standard InChI is InChI=1S/C27H27Cl2FN2OS/c1-18(15-23-11-6-14-34-23)32(22-10-5-7-20(30)17-22)26(24-16-19(28)12-13-25(24)29)27(33)31-21-8-3-2-4-9-21/h5-7,10-14,16-17,21,26H,1-4,8-9,15H2,(H,31,33). The lowest BCUT2D eigenvalue weighted by Crippen LogP contribution is -2.45. The Hall–Kier alpha value is -2.34. The monoisotopic (exact) mass is 516 g/mol. The number of allylic oxidation sites excluding steroid dienone is 1. The van der Waals surface area contributed by atoms with Crippen molar-refractivity contribution >= 4 is 46.1 Å². The van der Waals surface area contributed by atoms with Crippen LogP contribution in [0.1, 0.15) is 48.6 Å². The minimum atomic E-state index is -0.859. The SMILES string of the molecule is C=C(Cc1cccs1)N(c1cccc(F)c1)C(C(=O)NC1CCCCC1)c1cc(Cl)ccc1Cl. The second kappa shape index (κ2) is 11.4. The molecule has 0 bridgehead atoms. The van der Waals surface area contributed by atoms with Crippen molar-refractivity contribution in [1.29, 1.82) is 0 Å². The normalized spacial score (nSPS) is 15.0. The van der Waals surface area contributed by atoms with Gasteiger partial charge in [0.15, 0.2) is 0 Å². The van der Waals surface area contributed by atoms with Crippen molar-refractivity contribution in [3.05, 3.63) is 98.6 Å². The molecule has 178 valence electrons. The highest BCUT2D eigenvalue weighted by atomic mass is 35.5. The van der Waals surface area contributed by atoms with Crippen molar-refractivity contribution in [3.8, 4) is 0 Å². The minimum Gasteiger partial charge on any atom is -0.351 e. The molecule has 1 atom stereocenters. The summed E-state index contributed by atoms with van der Waals surface area (Å²) in [6.45, 7) is 4.32. The number of amides is 1. The molecule has 3 aromatic rings. The van der Waals surface area contributed by atoms with Gasteiger partial charge in [-0.3, -0.25) is 4.79 Å². The van der Waals surface area contributed by atoms with Crippen molar-refractivity contribution in [1.82, 2.24) is 5.32 Å². The Morgan fingerprint density at radius 3 is 2.62 bits per heavy atom. The lowest BCUT2D eigenvalue weighted by Gasteiger charge is -2.36. The first kappa shape index (κ1) is 24.8. The lowest BCUT2D eigenvalue weighted by molar-refractivity contribution is -0.123. The molecule has 1 unspecified atom stereocenters. The maximum atomic E-state index is 14.3. The molecule has 3 nitrogen and oxygen atoms in total. The number of hydrogen-bond acceptors (Lipinski definition) is 3. The number of carbonyl (C=O) groups is 1. The molecular weight excluding hydrogens is 490 g/mol. The summed E-state index contributed by atoms with van der Waals surface area (Å²) in [5.74, 6) is -0.595. The summed E-state index contributed by atoms with van der Waals surface area (Å²) in [5.41, 5.74) is 1.74. The van der Waals surface area contributed by atoms with E-state index >= 15 is 0 Å². The predicted molar refractivity (Wildman–Crippen MR) is 140 cm³/mol. The van der Waals surface area contributed by atoms with Gasteiger partial charge in [-0.25, -0.2) is 4.39 Å². The molecule has 2 aromatic carbocycles. The van der Waals surface area contributed by atoms with Crippen LogP contribution in [0.2, 0.25) is 10.0 Å².